The molecule has 0 bridgehead atoms. The molecular formula is C10H11N3. The minimum Gasteiger partial charge on any atom is -0.324 e. The number of benzene rings is 1. The van der Waals surface area contributed by atoms with E-state index in [1.807, 2.05) is 31.2 Å². The highest BCUT2D eigenvalue weighted by molar-refractivity contribution is 5.80. The van der Waals surface area contributed by atoms with E-state index in [-0.39, 0.29) is 0 Å². The minimum atomic E-state index is 0.395. The second-order valence-electron chi connectivity index (χ2n) is 2.95. The van der Waals surface area contributed by atoms with Crippen LogP contribution in [-0.4, -0.2) is 9.97 Å². The summed E-state index contributed by atoms with van der Waals surface area (Å²) in [4.78, 5) is 8.60. The van der Waals surface area contributed by atoms with E-state index in [1.54, 1.807) is 0 Å². The lowest BCUT2D eigenvalue weighted by atomic mass is 10.2. The maximum Gasteiger partial charge on any atom is 0.142 e. The fraction of sp³-hybridized carbons (Fsp3) is 0.200. The van der Waals surface area contributed by atoms with E-state index in [0.717, 1.165) is 16.6 Å². The second-order valence-corrected chi connectivity index (χ2v) is 2.95. The van der Waals surface area contributed by atoms with Gasteiger partial charge in [-0.25, -0.2) is 9.97 Å². The maximum atomic E-state index is 5.48. The van der Waals surface area contributed by atoms with Crippen molar-refractivity contribution in [3.8, 4) is 0 Å². The molecule has 2 rings (SSSR count). The molecule has 3 heteroatoms. The predicted octanol–water partition coefficient (Wildman–Crippen LogP) is 1.40. The van der Waals surface area contributed by atoms with Gasteiger partial charge in [0.1, 0.15) is 5.82 Å². The van der Waals surface area contributed by atoms with Gasteiger partial charge in [0.15, 0.2) is 0 Å². The molecule has 0 spiro atoms. The largest absolute Gasteiger partial charge is 0.324 e. The molecule has 0 fully saturated rings. The van der Waals surface area contributed by atoms with E-state index in [2.05, 4.69) is 9.97 Å². The number of aromatic nitrogens is 2. The van der Waals surface area contributed by atoms with Crippen molar-refractivity contribution in [2.45, 2.75) is 13.5 Å². The monoisotopic (exact) mass is 173 g/mol. The Kier molecular flexibility index (Phi) is 1.94. The average Bonchev–Trinajstić information content (AvgIpc) is 2.18. The number of aryl methyl sites for hydroxylation is 1. The fourth-order valence-corrected chi connectivity index (χ4v) is 1.39. The zero-order valence-electron chi connectivity index (χ0n) is 7.49. The molecule has 0 radical (unpaired) electrons. The topological polar surface area (TPSA) is 51.8 Å². The summed E-state index contributed by atoms with van der Waals surface area (Å²) in [5.74, 6) is 0.705. The van der Waals surface area contributed by atoms with Crippen molar-refractivity contribution in [1.29, 1.82) is 0 Å². The summed E-state index contributed by atoms with van der Waals surface area (Å²) in [6.07, 6.45) is 0. The lowest BCUT2D eigenvalue weighted by Crippen LogP contribution is -2.04. The Bertz CT molecular complexity index is 437. The van der Waals surface area contributed by atoms with Crippen LogP contribution in [0.5, 0.6) is 0 Å². The van der Waals surface area contributed by atoms with Crippen molar-refractivity contribution in [2.24, 2.45) is 5.73 Å². The molecule has 0 amide bonds. The smallest absolute Gasteiger partial charge is 0.142 e. The number of nitrogens with two attached hydrogens (primary N) is 1. The van der Waals surface area contributed by atoms with Gasteiger partial charge in [0.25, 0.3) is 0 Å². The van der Waals surface area contributed by atoms with Crippen LogP contribution in [0.15, 0.2) is 24.3 Å². The van der Waals surface area contributed by atoms with Crippen LogP contribution in [0.3, 0.4) is 0 Å². The van der Waals surface area contributed by atoms with Crippen molar-refractivity contribution in [2.75, 3.05) is 0 Å². The number of hydrogen-bond donors (Lipinski definition) is 1. The van der Waals surface area contributed by atoms with Crippen LogP contribution in [0, 0.1) is 6.92 Å². The summed E-state index contributed by atoms with van der Waals surface area (Å²) in [6.45, 7) is 2.37. The Morgan fingerprint density at radius 1 is 1.23 bits per heavy atom. The molecule has 0 saturated heterocycles. The molecule has 0 unspecified atom stereocenters. The van der Waals surface area contributed by atoms with Gasteiger partial charge in [-0.15, -0.1) is 0 Å². The van der Waals surface area contributed by atoms with Crippen molar-refractivity contribution in [3.63, 3.8) is 0 Å². The Balaban J connectivity index is 2.77. The minimum absolute atomic E-state index is 0.395. The first kappa shape index (κ1) is 8.13. The van der Waals surface area contributed by atoms with E-state index >= 15 is 0 Å². The Morgan fingerprint density at radius 3 is 2.77 bits per heavy atom. The first-order valence-electron chi connectivity index (χ1n) is 4.23. The third-order valence-corrected chi connectivity index (χ3v) is 2.02. The number of hydrogen-bond acceptors (Lipinski definition) is 3. The first-order chi connectivity index (χ1) is 6.31. The number of para-hydroxylation sites is 1. The van der Waals surface area contributed by atoms with Crippen LogP contribution in [0.25, 0.3) is 10.9 Å². The summed E-state index contributed by atoms with van der Waals surface area (Å²) < 4.78 is 0. The third kappa shape index (κ3) is 1.38. The molecule has 2 aromatic rings. The van der Waals surface area contributed by atoms with Gasteiger partial charge in [-0.05, 0) is 13.0 Å². The van der Waals surface area contributed by atoms with Crippen LogP contribution in [0.2, 0.25) is 0 Å². The van der Waals surface area contributed by atoms with Crippen LogP contribution in [0.1, 0.15) is 11.5 Å². The third-order valence-electron chi connectivity index (χ3n) is 2.02. The van der Waals surface area contributed by atoms with Gasteiger partial charge in [0.2, 0.25) is 0 Å². The second kappa shape index (κ2) is 3.11. The van der Waals surface area contributed by atoms with E-state index in [0.29, 0.717) is 12.4 Å². The molecule has 0 aliphatic carbocycles. The van der Waals surface area contributed by atoms with Crippen LogP contribution in [0.4, 0.5) is 0 Å². The maximum absolute atomic E-state index is 5.48. The molecule has 1 aromatic heterocycles. The molecular weight excluding hydrogens is 162 g/mol. The van der Waals surface area contributed by atoms with Crippen LogP contribution < -0.4 is 5.73 Å². The predicted molar refractivity (Wildman–Crippen MR) is 52.2 cm³/mol. The molecule has 66 valence electrons. The summed E-state index contributed by atoms with van der Waals surface area (Å²) >= 11 is 0. The SMILES string of the molecule is Cc1nc(CN)nc2ccccc12. The van der Waals surface area contributed by atoms with E-state index in [4.69, 9.17) is 5.73 Å². The lowest BCUT2D eigenvalue weighted by molar-refractivity contribution is 0.911. The van der Waals surface area contributed by atoms with Gasteiger partial charge in [-0.1, -0.05) is 18.2 Å². The number of nitrogens with zero attached hydrogens (tertiary/aromatic N) is 2. The highest BCUT2D eigenvalue weighted by Crippen LogP contribution is 2.13. The van der Waals surface area contributed by atoms with Gasteiger partial charge in [-0.3, -0.25) is 0 Å². The molecule has 0 aliphatic heterocycles. The number of fused-ring (bicyclic) bond motifs is 1. The molecule has 1 heterocycles. The first-order valence-corrected chi connectivity index (χ1v) is 4.23. The Hall–Kier alpha value is -1.48. The molecule has 13 heavy (non-hydrogen) atoms. The Morgan fingerprint density at radius 2 is 2.00 bits per heavy atom. The molecule has 0 saturated carbocycles. The van der Waals surface area contributed by atoms with E-state index in [9.17, 15) is 0 Å². The zero-order valence-corrected chi connectivity index (χ0v) is 7.49. The zero-order chi connectivity index (χ0) is 9.26. The standard InChI is InChI=1S/C10H11N3/c1-7-8-4-2-3-5-9(8)13-10(6-11)12-7/h2-5H,6,11H2,1H3. The summed E-state index contributed by atoms with van der Waals surface area (Å²) in [5, 5.41) is 1.10. The molecule has 1 aromatic carbocycles. The molecule has 3 nitrogen and oxygen atoms in total. The van der Waals surface area contributed by atoms with E-state index < -0.39 is 0 Å². The lowest BCUT2D eigenvalue weighted by Gasteiger charge is -2.02. The van der Waals surface area contributed by atoms with Gasteiger partial charge in [0.05, 0.1) is 12.1 Å². The van der Waals surface area contributed by atoms with Gasteiger partial charge in [-0.2, -0.15) is 0 Å². The van der Waals surface area contributed by atoms with Crippen LogP contribution in [-0.2, 0) is 6.54 Å². The van der Waals surface area contributed by atoms with Crippen molar-refractivity contribution < 1.29 is 0 Å². The molecule has 2 N–H and O–H groups in total. The quantitative estimate of drug-likeness (QED) is 0.709. The van der Waals surface area contributed by atoms with Crippen molar-refractivity contribution >= 4 is 10.9 Å². The Labute approximate surface area is 76.6 Å². The van der Waals surface area contributed by atoms with Crippen molar-refractivity contribution in [3.05, 3.63) is 35.8 Å². The summed E-state index contributed by atoms with van der Waals surface area (Å²) in [7, 11) is 0. The molecule has 0 atom stereocenters. The normalized spacial score (nSPS) is 10.6. The van der Waals surface area contributed by atoms with E-state index in [1.165, 1.54) is 0 Å². The van der Waals surface area contributed by atoms with Gasteiger partial charge in [0, 0.05) is 11.1 Å². The summed E-state index contributed by atoms with van der Waals surface area (Å²) in [6, 6.07) is 7.95. The number of rotatable bonds is 1. The van der Waals surface area contributed by atoms with Gasteiger partial charge >= 0.3 is 0 Å². The van der Waals surface area contributed by atoms with Crippen LogP contribution >= 0.6 is 0 Å². The molecule has 0 aliphatic rings. The van der Waals surface area contributed by atoms with Crippen molar-refractivity contribution in [1.82, 2.24) is 9.97 Å². The summed E-state index contributed by atoms with van der Waals surface area (Å²) in [5.41, 5.74) is 7.44. The highest BCUT2D eigenvalue weighted by atomic mass is 14.9. The average molecular weight is 173 g/mol. The highest BCUT2D eigenvalue weighted by Gasteiger charge is 2.01. The fourth-order valence-electron chi connectivity index (χ4n) is 1.39. The van der Waals surface area contributed by atoms with Gasteiger partial charge < -0.3 is 5.73 Å².